The SMILES string of the molecule is C[C@H](NC(=O)c1ccco1)C(=O)O[C@H](C)C(=O)Nc1cccc(Cl)c1. The Balaban J connectivity index is 1.86. The molecule has 7 nitrogen and oxygen atoms in total. The van der Waals surface area contributed by atoms with E-state index in [1.54, 1.807) is 30.3 Å². The number of carbonyl (C=O) groups is 3. The highest BCUT2D eigenvalue weighted by atomic mass is 35.5. The summed E-state index contributed by atoms with van der Waals surface area (Å²) in [6, 6.07) is 8.66. The van der Waals surface area contributed by atoms with Gasteiger partial charge in [0.05, 0.1) is 6.26 Å². The number of hydrogen-bond donors (Lipinski definition) is 2. The Labute approximate surface area is 149 Å². The Morgan fingerprint density at radius 3 is 2.56 bits per heavy atom. The van der Waals surface area contributed by atoms with Gasteiger partial charge in [0.2, 0.25) is 0 Å². The van der Waals surface area contributed by atoms with E-state index in [0.717, 1.165) is 0 Å². The van der Waals surface area contributed by atoms with Crippen LogP contribution in [0.5, 0.6) is 0 Å². The summed E-state index contributed by atoms with van der Waals surface area (Å²) in [6.07, 6.45) is 0.301. The molecule has 0 unspecified atom stereocenters. The van der Waals surface area contributed by atoms with Crippen LogP contribution in [0.3, 0.4) is 0 Å². The summed E-state index contributed by atoms with van der Waals surface area (Å²) >= 11 is 5.84. The third kappa shape index (κ3) is 5.36. The number of halogens is 1. The summed E-state index contributed by atoms with van der Waals surface area (Å²) in [7, 11) is 0. The minimum atomic E-state index is -1.05. The van der Waals surface area contributed by atoms with Crippen molar-refractivity contribution in [2.24, 2.45) is 0 Å². The Morgan fingerprint density at radius 1 is 1.16 bits per heavy atom. The van der Waals surface area contributed by atoms with Gasteiger partial charge in [-0.25, -0.2) is 4.79 Å². The molecule has 1 aromatic carbocycles. The van der Waals surface area contributed by atoms with Crippen LogP contribution in [0.1, 0.15) is 24.4 Å². The molecule has 0 aliphatic rings. The lowest BCUT2D eigenvalue weighted by atomic mass is 10.3. The third-order valence-corrected chi connectivity index (χ3v) is 3.44. The summed E-state index contributed by atoms with van der Waals surface area (Å²) < 4.78 is 10.00. The first kappa shape index (κ1) is 18.5. The van der Waals surface area contributed by atoms with E-state index in [1.807, 2.05) is 0 Å². The maximum atomic E-state index is 12.1. The van der Waals surface area contributed by atoms with Gasteiger partial charge in [-0.05, 0) is 44.2 Å². The summed E-state index contributed by atoms with van der Waals surface area (Å²) in [5, 5.41) is 5.48. The number of ether oxygens (including phenoxy) is 1. The van der Waals surface area contributed by atoms with Crippen molar-refractivity contribution in [3.8, 4) is 0 Å². The fraction of sp³-hybridized carbons (Fsp3) is 0.235. The number of amides is 2. The van der Waals surface area contributed by atoms with Gasteiger partial charge in [0.1, 0.15) is 6.04 Å². The molecule has 1 heterocycles. The lowest BCUT2D eigenvalue weighted by Crippen LogP contribution is -2.42. The van der Waals surface area contributed by atoms with Crippen LogP contribution in [-0.2, 0) is 14.3 Å². The van der Waals surface area contributed by atoms with Crippen molar-refractivity contribution in [3.63, 3.8) is 0 Å². The zero-order chi connectivity index (χ0) is 18.4. The van der Waals surface area contributed by atoms with Crippen molar-refractivity contribution in [2.45, 2.75) is 26.0 Å². The molecule has 1 aromatic heterocycles. The van der Waals surface area contributed by atoms with E-state index in [0.29, 0.717) is 10.7 Å². The van der Waals surface area contributed by atoms with E-state index in [2.05, 4.69) is 10.6 Å². The van der Waals surface area contributed by atoms with Crippen molar-refractivity contribution in [1.29, 1.82) is 0 Å². The van der Waals surface area contributed by atoms with Crippen LogP contribution >= 0.6 is 11.6 Å². The summed E-state index contributed by atoms with van der Waals surface area (Å²) in [5.41, 5.74) is 0.486. The predicted octanol–water partition coefficient (Wildman–Crippen LogP) is 2.62. The Kier molecular flexibility index (Phi) is 6.19. The van der Waals surface area contributed by atoms with Crippen LogP contribution in [-0.4, -0.2) is 29.9 Å². The molecule has 0 fully saturated rings. The van der Waals surface area contributed by atoms with E-state index in [4.69, 9.17) is 20.8 Å². The van der Waals surface area contributed by atoms with Gasteiger partial charge in [0, 0.05) is 10.7 Å². The van der Waals surface area contributed by atoms with Crippen LogP contribution in [0.15, 0.2) is 47.1 Å². The van der Waals surface area contributed by atoms with Crippen molar-refractivity contribution in [1.82, 2.24) is 5.32 Å². The molecule has 2 rings (SSSR count). The highest BCUT2D eigenvalue weighted by molar-refractivity contribution is 6.30. The molecule has 0 aliphatic heterocycles. The zero-order valence-corrected chi connectivity index (χ0v) is 14.4. The average Bonchev–Trinajstić information content (AvgIpc) is 3.09. The second-order valence-corrected chi connectivity index (χ2v) is 5.69. The molecule has 25 heavy (non-hydrogen) atoms. The maximum absolute atomic E-state index is 12.1. The monoisotopic (exact) mass is 364 g/mol. The summed E-state index contributed by atoms with van der Waals surface area (Å²) in [6.45, 7) is 2.88. The van der Waals surface area contributed by atoms with Gasteiger partial charge in [0.25, 0.3) is 11.8 Å². The first-order valence-corrected chi connectivity index (χ1v) is 7.86. The highest BCUT2D eigenvalue weighted by Crippen LogP contribution is 2.15. The molecule has 0 bridgehead atoms. The molecule has 0 radical (unpaired) electrons. The molecular weight excluding hydrogens is 348 g/mol. The maximum Gasteiger partial charge on any atom is 0.329 e. The molecular formula is C17H17ClN2O5. The van der Waals surface area contributed by atoms with E-state index < -0.39 is 29.9 Å². The van der Waals surface area contributed by atoms with E-state index >= 15 is 0 Å². The molecule has 0 saturated carbocycles. The smallest absolute Gasteiger partial charge is 0.329 e. The molecule has 132 valence electrons. The molecule has 8 heteroatoms. The number of benzene rings is 1. The van der Waals surface area contributed by atoms with Gasteiger partial charge >= 0.3 is 5.97 Å². The molecule has 2 atom stereocenters. The van der Waals surface area contributed by atoms with Crippen molar-refractivity contribution < 1.29 is 23.5 Å². The number of nitrogens with one attached hydrogen (secondary N) is 2. The Bertz CT molecular complexity index is 760. The van der Waals surface area contributed by atoms with Crippen molar-refractivity contribution in [3.05, 3.63) is 53.4 Å². The Hall–Kier alpha value is -2.80. The molecule has 0 aliphatic carbocycles. The number of rotatable bonds is 6. The van der Waals surface area contributed by atoms with Crippen LogP contribution in [0, 0.1) is 0 Å². The molecule has 2 amide bonds. The minimum Gasteiger partial charge on any atom is -0.459 e. The van der Waals surface area contributed by atoms with E-state index in [9.17, 15) is 14.4 Å². The quantitative estimate of drug-likeness (QED) is 0.768. The van der Waals surface area contributed by atoms with Gasteiger partial charge in [-0.3, -0.25) is 9.59 Å². The van der Waals surface area contributed by atoms with Gasteiger partial charge in [-0.1, -0.05) is 17.7 Å². The van der Waals surface area contributed by atoms with Crippen LogP contribution in [0.2, 0.25) is 5.02 Å². The molecule has 2 aromatic rings. The lowest BCUT2D eigenvalue weighted by Gasteiger charge is -2.17. The van der Waals surface area contributed by atoms with Gasteiger partial charge < -0.3 is 19.8 Å². The zero-order valence-electron chi connectivity index (χ0n) is 13.6. The molecule has 0 saturated heterocycles. The topological polar surface area (TPSA) is 97.6 Å². The number of anilines is 1. The molecule has 2 N–H and O–H groups in total. The highest BCUT2D eigenvalue weighted by Gasteiger charge is 2.24. The number of furan rings is 1. The van der Waals surface area contributed by atoms with Gasteiger partial charge in [-0.15, -0.1) is 0 Å². The van der Waals surface area contributed by atoms with Gasteiger partial charge in [-0.2, -0.15) is 0 Å². The van der Waals surface area contributed by atoms with Gasteiger partial charge in [0.15, 0.2) is 11.9 Å². The number of esters is 1. The second kappa shape index (κ2) is 8.34. The fourth-order valence-electron chi connectivity index (χ4n) is 1.87. The predicted molar refractivity (Wildman–Crippen MR) is 91.3 cm³/mol. The summed E-state index contributed by atoms with van der Waals surface area (Å²) in [5.74, 6) is -1.73. The van der Waals surface area contributed by atoms with Crippen molar-refractivity contribution in [2.75, 3.05) is 5.32 Å². The standard InChI is InChI=1S/C17H17ClN2O5/c1-10(19-16(22)14-7-4-8-24-14)17(23)25-11(2)15(21)20-13-6-3-5-12(18)9-13/h3-11H,1-2H3,(H,19,22)(H,20,21)/t10-,11+/m0/s1. The molecule has 0 spiro atoms. The first-order chi connectivity index (χ1) is 11.9. The number of carbonyl (C=O) groups excluding carboxylic acids is 3. The van der Waals surface area contributed by atoms with Crippen LogP contribution in [0.25, 0.3) is 0 Å². The fourth-order valence-corrected chi connectivity index (χ4v) is 2.06. The Morgan fingerprint density at radius 2 is 1.92 bits per heavy atom. The lowest BCUT2D eigenvalue weighted by molar-refractivity contribution is -0.154. The van der Waals surface area contributed by atoms with Crippen LogP contribution in [0.4, 0.5) is 5.69 Å². The van der Waals surface area contributed by atoms with E-state index in [1.165, 1.54) is 26.2 Å². The largest absolute Gasteiger partial charge is 0.459 e. The number of hydrogen-bond acceptors (Lipinski definition) is 5. The third-order valence-electron chi connectivity index (χ3n) is 3.20. The minimum absolute atomic E-state index is 0.0754. The van der Waals surface area contributed by atoms with E-state index in [-0.39, 0.29) is 5.76 Å². The van der Waals surface area contributed by atoms with Crippen molar-refractivity contribution >= 4 is 35.1 Å². The first-order valence-electron chi connectivity index (χ1n) is 7.48. The second-order valence-electron chi connectivity index (χ2n) is 5.25. The average molecular weight is 365 g/mol. The summed E-state index contributed by atoms with van der Waals surface area (Å²) in [4.78, 5) is 35.9. The normalized spacial score (nSPS) is 12.8. The van der Waals surface area contributed by atoms with Crippen LogP contribution < -0.4 is 10.6 Å².